The molecule has 1 fully saturated rings. The summed E-state index contributed by atoms with van der Waals surface area (Å²) >= 11 is 0. The SMILES string of the molecule is CC(C)NCc1cccc(COCC2CC2)c1. The van der Waals surface area contributed by atoms with Crippen LogP contribution in [0.5, 0.6) is 0 Å². The standard InChI is InChI=1S/C15H23NO/c1-12(2)16-9-14-4-3-5-15(8-14)11-17-10-13-6-7-13/h3-5,8,12-13,16H,6-7,9-11H2,1-2H3. The van der Waals surface area contributed by atoms with Crippen LogP contribution in [0.1, 0.15) is 37.8 Å². The quantitative estimate of drug-likeness (QED) is 0.781. The van der Waals surface area contributed by atoms with Crippen molar-refractivity contribution in [1.82, 2.24) is 5.32 Å². The highest BCUT2D eigenvalue weighted by Crippen LogP contribution is 2.29. The van der Waals surface area contributed by atoms with E-state index in [2.05, 4.69) is 43.4 Å². The summed E-state index contributed by atoms with van der Waals surface area (Å²) in [5, 5.41) is 3.43. The van der Waals surface area contributed by atoms with Gasteiger partial charge in [-0.3, -0.25) is 0 Å². The third-order valence-electron chi connectivity index (χ3n) is 3.03. The summed E-state index contributed by atoms with van der Waals surface area (Å²) < 4.78 is 5.70. The number of ether oxygens (including phenoxy) is 1. The van der Waals surface area contributed by atoms with Gasteiger partial charge in [-0.2, -0.15) is 0 Å². The monoisotopic (exact) mass is 233 g/mol. The van der Waals surface area contributed by atoms with Crippen LogP contribution in [0, 0.1) is 5.92 Å². The van der Waals surface area contributed by atoms with E-state index in [9.17, 15) is 0 Å². The van der Waals surface area contributed by atoms with Crippen molar-refractivity contribution < 1.29 is 4.74 Å². The predicted molar refractivity (Wildman–Crippen MR) is 70.8 cm³/mol. The Labute approximate surface area is 104 Å². The first-order chi connectivity index (χ1) is 8.24. The first-order valence-electron chi connectivity index (χ1n) is 6.63. The van der Waals surface area contributed by atoms with E-state index in [0.717, 1.165) is 25.7 Å². The van der Waals surface area contributed by atoms with Gasteiger partial charge in [0.2, 0.25) is 0 Å². The Kier molecular flexibility index (Phi) is 4.57. The van der Waals surface area contributed by atoms with Gasteiger partial charge < -0.3 is 10.1 Å². The lowest BCUT2D eigenvalue weighted by Gasteiger charge is -2.09. The molecule has 0 unspecified atom stereocenters. The van der Waals surface area contributed by atoms with Gasteiger partial charge in [-0.25, -0.2) is 0 Å². The number of nitrogens with one attached hydrogen (secondary N) is 1. The molecule has 0 aliphatic heterocycles. The Morgan fingerprint density at radius 1 is 1.29 bits per heavy atom. The predicted octanol–water partition coefficient (Wildman–Crippen LogP) is 3.11. The summed E-state index contributed by atoms with van der Waals surface area (Å²) in [7, 11) is 0. The average Bonchev–Trinajstić information content (AvgIpc) is 3.11. The maximum atomic E-state index is 5.70. The fraction of sp³-hybridized carbons (Fsp3) is 0.600. The number of rotatable bonds is 7. The largest absolute Gasteiger partial charge is 0.376 e. The van der Waals surface area contributed by atoms with Gasteiger partial charge in [0.15, 0.2) is 0 Å². The molecule has 0 radical (unpaired) electrons. The molecule has 0 heterocycles. The molecule has 1 aliphatic carbocycles. The molecule has 0 aromatic heterocycles. The van der Waals surface area contributed by atoms with Gasteiger partial charge in [-0.05, 0) is 29.9 Å². The summed E-state index contributed by atoms with van der Waals surface area (Å²) in [6.45, 7) is 6.97. The molecular weight excluding hydrogens is 210 g/mol. The lowest BCUT2D eigenvalue weighted by Crippen LogP contribution is -2.21. The second-order valence-corrected chi connectivity index (χ2v) is 5.31. The highest BCUT2D eigenvalue weighted by molar-refractivity contribution is 5.22. The molecule has 0 spiro atoms. The van der Waals surface area contributed by atoms with E-state index in [1.54, 1.807) is 0 Å². The van der Waals surface area contributed by atoms with E-state index in [1.165, 1.54) is 24.0 Å². The summed E-state index contributed by atoms with van der Waals surface area (Å²) in [6, 6.07) is 9.20. The normalized spacial score (nSPS) is 15.5. The van der Waals surface area contributed by atoms with Crippen molar-refractivity contribution in [2.75, 3.05) is 6.61 Å². The Hall–Kier alpha value is -0.860. The van der Waals surface area contributed by atoms with E-state index >= 15 is 0 Å². The first kappa shape index (κ1) is 12.6. The van der Waals surface area contributed by atoms with Crippen LogP contribution < -0.4 is 5.32 Å². The van der Waals surface area contributed by atoms with Crippen molar-refractivity contribution in [3.63, 3.8) is 0 Å². The van der Waals surface area contributed by atoms with Crippen LogP contribution in [-0.2, 0) is 17.9 Å². The summed E-state index contributed by atoms with van der Waals surface area (Å²) in [6.07, 6.45) is 2.72. The van der Waals surface area contributed by atoms with Crippen LogP contribution in [0.4, 0.5) is 0 Å². The minimum atomic E-state index is 0.532. The second kappa shape index (κ2) is 6.18. The molecule has 2 nitrogen and oxygen atoms in total. The van der Waals surface area contributed by atoms with Crippen LogP contribution >= 0.6 is 0 Å². The zero-order valence-electron chi connectivity index (χ0n) is 10.9. The van der Waals surface area contributed by atoms with Crippen LogP contribution in [0.3, 0.4) is 0 Å². The van der Waals surface area contributed by atoms with Crippen molar-refractivity contribution in [3.8, 4) is 0 Å². The molecule has 2 rings (SSSR count). The van der Waals surface area contributed by atoms with Gasteiger partial charge >= 0.3 is 0 Å². The number of hydrogen-bond acceptors (Lipinski definition) is 2. The fourth-order valence-electron chi connectivity index (χ4n) is 1.78. The lowest BCUT2D eigenvalue weighted by atomic mass is 10.1. The Morgan fingerprint density at radius 2 is 2.06 bits per heavy atom. The molecule has 1 aromatic carbocycles. The van der Waals surface area contributed by atoms with Crippen molar-refractivity contribution in [1.29, 1.82) is 0 Å². The molecule has 0 amide bonds. The Balaban J connectivity index is 1.77. The van der Waals surface area contributed by atoms with Crippen molar-refractivity contribution in [2.45, 2.75) is 45.9 Å². The highest BCUT2D eigenvalue weighted by Gasteiger charge is 2.20. The molecule has 0 saturated heterocycles. The molecular formula is C15H23NO. The minimum absolute atomic E-state index is 0.532. The fourth-order valence-corrected chi connectivity index (χ4v) is 1.78. The summed E-state index contributed by atoms with van der Waals surface area (Å²) in [5.74, 6) is 0.848. The van der Waals surface area contributed by atoms with E-state index in [4.69, 9.17) is 4.74 Å². The molecule has 17 heavy (non-hydrogen) atoms. The van der Waals surface area contributed by atoms with Crippen LogP contribution in [0.25, 0.3) is 0 Å². The zero-order chi connectivity index (χ0) is 12.1. The lowest BCUT2D eigenvalue weighted by molar-refractivity contribution is 0.111. The second-order valence-electron chi connectivity index (χ2n) is 5.31. The molecule has 2 heteroatoms. The highest BCUT2D eigenvalue weighted by atomic mass is 16.5. The van der Waals surface area contributed by atoms with Gasteiger partial charge in [0.1, 0.15) is 0 Å². The molecule has 0 atom stereocenters. The molecule has 1 saturated carbocycles. The average molecular weight is 233 g/mol. The van der Waals surface area contributed by atoms with Gasteiger partial charge in [-0.15, -0.1) is 0 Å². The zero-order valence-corrected chi connectivity index (χ0v) is 10.9. The molecule has 1 aliphatic rings. The van der Waals surface area contributed by atoms with Gasteiger partial charge in [0, 0.05) is 19.2 Å². The maximum absolute atomic E-state index is 5.70. The van der Waals surface area contributed by atoms with Gasteiger partial charge in [0.25, 0.3) is 0 Å². The molecule has 94 valence electrons. The topological polar surface area (TPSA) is 21.3 Å². The number of hydrogen-bond donors (Lipinski definition) is 1. The third kappa shape index (κ3) is 4.88. The van der Waals surface area contributed by atoms with Crippen molar-refractivity contribution in [3.05, 3.63) is 35.4 Å². The maximum Gasteiger partial charge on any atom is 0.0717 e. The van der Waals surface area contributed by atoms with E-state index in [1.807, 2.05) is 0 Å². The van der Waals surface area contributed by atoms with Gasteiger partial charge in [-0.1, -0.05) is 38.1 Å². The third-order valence-corrected chi connectivity index (χ3v) is 3.03. The Morgan fingerprint density at radius 3 is 2.76 bits per heavy atom. The smallest absolute Gasteiger partial charge is 0.0717 e. The summed E-state index contributed by atoms with van der Waals surface area (Å²) in [5.41, 5.74) is 2.62. The van der Waals surface area contributed by atoms with E-state index in [-0.39, 0.29) is 0 Å². The van der Waals surface area contributed by atoms with Crippen LogP contribution in [0.2, 0.25) is 0 Å². The first-order valence-corrected chi connectivity index (χ1v) is 6.63. The van der Waals surface area contributed by atoms with Crippen molar-refractivity contribution in [2.24, 2.45) is 5.92 Å². The molecule has 1 N–H and O–H groups in total. The van der Waals surface area contributed by atoms with Gasteiger partial charge in [0.05, 0.1) is 6.61 Å². The summed E-state index contributed by atoms with van der Waals surface area (Å²) in [4.78, 5) is 0. The Bertz CT molecular complexity index is 345. The number of benzene rings is 1. The van der Waals surface area contributed by atoms with E-state index < -0.39 is 0 Å². The van der Waals surface area contributed by atoms with E-state index in [0.29, 0.717) is 6.04 Å². The van der Waals surface area contributed by atoms with Crippen LogP contribution in [-0.4, -0.2) is 12.6 Å². The minimum Gasteiger partial charge on any atom is -0.376 e. The molecule has 0 bridgehead atoms. The van der Waals surface area contributed by atoms with Crippen molar-refractivity contribution >= 4 is 0 Å². The van der Waals surface area contributed by atoms with Crippen LogP contribution in [0.15, 0.2) is 24.3 Å². The molecule has 1 aromatic rings.